The van der Waals surface area contributed by atoms with Crippen LogP contribution in [0.4, 0.5) is 26.3 Å². The van der Waals surface area contributed by atoms with Crippen molar-refractivity contribution in [3.05, 3.63) is 11.6 Å². The van der Waals surface area contributed by atoms with Crippen LogP contribution < -0.4 is 0 Å². The summed E-state index contributed by atoms with van der Waals surface area (Å²) in [7, 11) is 0. The fourth-order valence-corrected chi connectivity index (χ4v) is 0.819. The first-order chi connectivity index (χ1) is 6.83. The molecule has 0 radical (unpaired) electrons. The first kappa shape index (κ1) is 14.8. The van der Waals surface area contributed by atoms with Gasteiger partial charge in [-0.2, -0.15) is 26.3 Å². The van der Waals surface area contributed by atoms with Crippen molar-refractivity contribution in [1.29, 1.82) is 0 Å². The van der Waals surface area contributed by atoms with E-state index in [1.165, 1.54) is 0 Å². The van der Waals surface area contributed by atoms with Gasteiger partial charge in [-0.3, -0.25) is 0 Å². The summed E-state index contributed by atoms with van der Waals surface area (Å²) in [5, 5.41) is 8.27. The second kappa shape index (κ2) is 3.99. The van der Waals surface area contributed by atoms with Crippen LogP contribution in [0.15, 0.2) is 11.6 Å². The standard InChI is InChI=1S/C8H8F6O2/c1-4(5(15)16)3-6(2,7(9,10)11)8(12,13)14/h3H,1-2H3,(H,15,16). The van der Waals surface area contributed by atoms with Crippen LogP contribution in [-0.2, 0) is 4.79 Å². The minimum absolute atomic E-state index is 0.112. The van der Waals surface area contributed by atoms with E-state index in [-0.39, 0.29) is 13.0 Å². The zero-order valence-electron chi connectivity index (χ0n) is 8.20. The van der Waals surface area contributed by atoms with E-state index in [0.29, 0.717) is 6.92 Å². The Bertz CT molecular complexity index is 297. The molecule has 0 bridgehead atoms. The molecule has 0 aliphatic heterocycles. The van der Waals surface area contributed by atoms with Crippen molar-refractivity contribution in [2.75, 3.05) is 0 Å². The average Bonchev–Trinajstić information content (AvgIpc) is 1.99. The molecule has 8 heteroatoms. The zero-order chi connectivity index (χ0) is 13.4. The van der Waals surface area contributed by atoms with Crippen LogP contribution >= 0.6 is 0 Å². The molecule has 0 aliphatic rings. The average molecular weight is 250 g/mol. The summed E-state index contributed by atoms with van der Waals surface area (Å²) in [6.07, 6.45) is -11.6. The lowest BCUT2D eigenvalue weighted by Gasteiger charge is -2.31. The van der Waals surface area contributed by atoms with E-state index in [1.807, 2.05) is 0 Å². The number of halogens is 6. The molecular weight excluding hydrogens is 242 g/mol. The molecule has 0 fully saturated rings. The molecule has 0 aliphatic carbocycles. The highest BCUT2D eigenvalue weighted by Gasteiger charge is 2.66. The Hall–Kier alpha value is -1.21. The van der Waals surface area contributed by atoms with Gasteiger partial charge in [-0.25, -0.2) is 4.79 Å². The van der Waals surface area contributed by atoms with Gasteiger partial charge in [0.15, 0.2) is 5.41 Å². The minimum atomic E-state index is -5.61. The van der Waals surface area contributed by atoms with Gasteiger partial charge in [0, 0.05) is 5.57 Å². The van der Waals surface area contributed by atoms with Crippen LogP contribution in [0.3, 0.4) is 0 Å². The Labute approximate surface area is 86.6 Å². The van der Waals surface area contributed by atoms with E-state index in [9.17, 15) is 31.1 Å². The largest absolute Gasteiger partial charge is 0.478 e. The molecule has 0 rings (SSSR count). The van der Waals surface area contributed by atoms with Crippen molar-refractivity contribution in [2.24, 2.45) is 5.41 Å². The van der Waals surface area contributed by atoms with Gasteiger partial charge in [-0.1, -0.05) is 6.08 Å². The summed E-state index contributed by atoms with van der Waals surface area (Å²) in [4.78, 5) is 10.2. The third kappa shape index (κ3) is 2.67. The van der Waals surface area contributed by atoms with Crippen molar-refractivity contribution < 1.29 is 36.2 Å². The van der Waals surface area contributed by atoms with Gasteiger partial charge in [0.2, 0.25) is 0 Å². The van der Waals surface area contributed by atoms with E-state index < -0.39 is 29.3 Å². The second-order valence-electron chi connectivity index (χ2n) is 3.33. The quantitative estimate of drug-likeness (QED) is 0.603. The predicted molar refractivity (Wildman–Crippen MR) is 41.6 cm³/mol. The molecule has 2 nitrogen and oxygen atoms in total. The Kier molecular flexibility index (Phi) is 3.68. The van der Waals surface area contributed by atoms with Crippen LogP contribution in [-0.4, -0.2) is 23.4 Å². The molecular formula is C8H8F6O2. The molecule has 0 atom stereocenters. The van der Waals surface area contributed by atoms with Gasteiger partial charge in [0.05, 0.1) is 0 Å². The summed E-state index contributed by atoms with van der Waals surface area (Å²) in [5.74, 6) is -1.83. The fourth-order valence-electron chi connectivity index (χ4n) is 0.819. The first-order valence-corrected chi connectivity index (χ1v) is 3.89. The molecule has 0 spiro atoms. The molecule has 0 saturated heterocycles. The Morgan fingerprint density at radius 1 is 1.06 bits per heavy atom. The zero-order valence-corrected chi connectivity index (χ0v) is 8.20. The number of carboxylic acids is 1. The second-order valence-corrected chi connectivity index (χ2v) is 3.33. The number of aliphatic carboxylic acids is 1. The van der Waals surface area contributed by atoms with Crippen molar-refractivity contribution in [2.45, 2.75) is 26.2 Å². The summed E-state index contributed by atoms with van der Waals surface area (Å²) in [6.45, 7) is 0.553. The van der Waals surface area contributed by atoms with Crippen LogP contribution in [0.25, 0.3) is 0 Å². The van der Waals surface area contributed by atoms with E-state index >= 15 is 0 Å². The number of alkyl halides is 6. The molecule has 0 aromatic rings. The number of carboxylic acid groups (broad SMARTS) is 1. The molecule has 0 heterocycles. The number of rotatable bonds is 2. The number of allylic oxidation sites excluding steroid dienone is 1. The topological polar surface area (TPSA) is 37.3 Å². The molecule has 0 amide bonds. The summed E-state index contributed by atoms with van der Waals surface area (Å²) in [5.41, 5.74) is -5.18. The predicted octanol–water partition coefficient (Wildman–Crippen LogP) is 3.15. The van der Waals surface area contributed by atoms with Gasteiger partial charge in [-0.15, -0.1) is 0 Å². The lowest BCUT2D eigenvalue weighted by molar-refractivity contribution is -0.314. The normalized spacial score (nSPS) is 15.1. The van der Waals surface area contributed by atoms with Crippen LogP contribution in [0.1, 0.15) is 13.8 Å². The van der Waals surface area contributed by atoms with E-state index in [4.69, 9.17) is 5.11 Å². The lowest BCUT2D eigenvalue weighted by Crippen LogP contribution is -2.46. The van der Waals surface area contributed by atoms with Crippen LogP contribution in [0.2, 0.25) is 0 Å². The smallest absolute Gasteiger partial charge is 0.406 e. The minimum Gasteiger partial charge on any atom is -0.478 e. The highest BCUT2D eigenvalue weighted by Crippen LogP contribution is 2.51. The number of hydrogen-bond donors (Lipinski definition) is 1. The molecule has 0 aromatic heterocycles. The van der Waals surface area contributed by atoms with Crippen molar-refractivity contribution in [3.8, 4) is 0 Å². The summed E-state index contributed by atoms with van der Waals surface area (Å²) in [6, 6.07) is 0. The first-order valence-electron chi connectivity index (χ1n) is 3.89. The van der Waals surface area contributed by atoms with E-state index in [0.717, 1.165) is 0 Å². The van der Waals surface area contributed by atoms with Crippen molar-refractivity contribution in [3.63, 3.8) is 0 Å². The SMILES string of the molecule is CC(=CC(C)(C(F)(F)F)C(F)(F)F)C(=O)O. The van der Waals surface area contributed by atoms with Crippen molar-refractivity contribution in [1.82, 2.24) is 0 Å². The third-order valence-corrected chi connectivity index (χ3v) is 2.02. The van der Waals surface area contributed by atoms with Crippen LogP contribution in [0.5, 0.6) is 0 Å². The Morgan fingerprint density at radius 3 is 1.56 bits per heavy atom. The number of carbonyl (C=O) groups is 1. The maximum atomic E-state index is 12.3. The van der Waals surface area contributed by atoms with Gasteiger partial charge in [0.1, 0.15) is 0 Å². The Balaban J connectivity index is 5.64. The van der Waals surface area contributed by atoms with Gasteiger partial charge in [0.25, 0.3) is 0 Å². The maximum absolute atomic E-state index is 12.3. The summed E-state index contributed by atoms with van der Waals surface area (Å²) >= 11 is 0. The molecule has 1 N–H and O–H groups in total. The molecule has 0 aromatic carbocycles. The monoisotopic (exact) mass is 250 g/mol. The molecule has 94 valence electrons. The molecule has 0 unspecified atom stereocenters. The summed E-state index contributed by atoms with van der Waals surface area (Å²) < 4.78 is 73.6. The lowest BCUT2D eigenvalue weighted by atomic mass is 9.86. The van der Waals surface area contributed by atoms with E-state index in [1.54, 1.807) is 0 Å². The fraction of sp³-hybridized carbons (Fsp3) is 0.625. The number of hydrogen-bond acceptors (Lipinski definition) is 1. The highest BCUT2D eigenvalue weighted by molar-refractivity contribution is 5.85. The van der Waals surface area contributed by atoms with Crippen molar-refractivity contribution >= 4 is 5.97 Å². The third-order valence-electron chi connectivity index (χ3n) is 2.02. The van der Waals surface area contributed by atoms with Gasteiger partial charge < -0.3 is 5.11 Å². The highest BCUT2D eigenvalue weighted by atomic mass is 19.4. The van der Waals surface area contributed by atoms with E-state index in [2.05, 4.69) is 0 Å². The van der Waals surface area contributed by atoms with Gasteiger partial charge in [-0.05, 0) is 13.8 Å². The molecule has 0 saturated carbocycles. The maximum Gasteiger partial charge on any atom is 0.406 e. The Morgan fingerprint density at radius 2 is 1.38 bits per heavy atom. The van der Waals surface area contributed by atoms with Gasteiger partial charge >= 0.3 is 18.3 Å². The van der Waals surface area contributed by atoms with Crippen LogP contribution in [0, 0.1) is 5.41 Å². The molecule has 16 heavy (non-hydrogen) atoms.